The first-order valence-corrected chi connectivity index (χ1v) is 6.66. The highest BCUT2D eigenvalue weighted by Gasteiger charge is 2.23. The van der Waals surface area contributed by atoms with Gasteiger partial charge in [-0.2, -0.15) is 0 Å². The molecule has 104 valence electrons. The number of halogens is 1. The van der Waals surface area contributed by atoms with Crippen LogP contribution in [0.2, 0.25) is 0 Å². The van der Waals surface area contributed by atoms with E-state index in [1.807, 2.05) is 0 Å². The molecule has 0 radical (unpaired) electrons. The third-order valence-electron chi connectivity index (χ3n) is 2.51. The van der Waals surface area contributed by atoms with Crippen LogP contribution in [0.5, 0.6) is 5.75 Å². The SMILES string of the molecule is C=CCCCOc1c([C@@H](C)O)cc(Br)cc1[N+](=O)[O-]. The molecule has 0 bridgehead atoms. The summed E-state index contributed by atoms with van der Waals surface area (Å²) in [6.07, 6.45) is 2.41. The second kappa shape index (κ2) is 7.25. The molecule has 0 amide bonds. The maximum Gasteiger partial charge on any atom is 0.312 e. The van der Waals surface area contributed by atoms with E-state index in [-0.39, 0.29) is 11.4 Å². The van der Waals surface area contributed by atoms with E-state index in [2.05, 4.69) is 22.5 Å². The second-order valence-corrected chi connectivity index (χ2v) is 4.97. The topological polar surface area (TPSA) is 72.6 Å². The fourth-order valence-electron chi connectivity index (χ4n) is 1.60. The van der Waals surface area contributed by atoms with E-state index in [1.54, 1.807) is 19.1 Å². The van der Waals surface area contributed by atoms with Gasteiger partial charge in [0.05, 0.1) is 17.6 Å². The Bertz CT molecular complexity index is 474. The number of benzene rings is 1. The van der Waals surface area contributed by atoms with Crippen molar-refractivity contribution >= 4 is 21.6 Å². The second-order valence-electron chi connectivity index (χ2n) is 4.06. The average molecular weight is 330 g/mol. The van der Waals surface area contributed by atoms with Crippen molar-refractivity contribution < 1.29 is 14.8 Å². The van der Waals surface area contributed by atoms with Gasteiger partial charge in [0.15, 0.2) is 0 Å². The predicted molar refractivity (Wildman–Crippen MR) is 76.4 cm³/mol. The lowest BCUT2D eigenvalue weighted by Gasteiger charge is -2.14. The van der Waals surface area contributed by atoms with Crippen molar-refractivity contribution in [2.45, 2.75) is 25.9 Å². The molecule has 0 saturated carbocycles. The van der Waals surface area contributed by atoms with Gasteiger partial charge in [-0.3, -0.25) is 10.1 Å². The molecule has 6 heteroatoms. The minimum Gasteiger partial charge on any atom is -0.487 e. The number of aliphatic hydroxyl groups excluding tert-OH is 1. The summed E-state index contributed by atoms with van der Waals surface area (Å²) in [5.41, 5.74) is 0.253. The number of rotatable bonds is 7. The molecule has 1 N–H and O–H groups in total. The quantitative estimate of drug-likeness (QED) is 0.358. The van der Waals surface area contributed by atoms with Crippen LogP contribution in [0, 0.1) is 10.1 Å². The van der Waals surface area contributed by atoms with E-state index < -0.39 is 11.0 Å². The lowest BCUT2D eigenvalue weighted by molar-refractivity contribution is -0.386. The Morgan fingerprint density at radius 2 is 2.32 bits per heavy atom. The number of ether oxygens (including phenoxy) is 1. The van der Waals surface area contributed by atoms with E-state index in [0.29, 0.717) is 16.6 Å². The summed E-state index contributed by atoms with van der Waals surface area (Å²) in [7, 11) is 0. The highest BCUT2D eigenvalue weighted by molar-refractivity contribution is 9.10. The summed E-state index contributed by atoms with van der Waals surface area (Å²) in [4.78, 5) is 10.5. The van der Waals surface area contributed by atoms with Gasteiger partial charge in [0.1, 0.15) is 0 Å². The van der Waals surface area contributed by atoms with Crippen molar-refractivity contribution in [1.82, 2.24) is 0 Å². The van der Waals surface area contributed by atoms with Crippen molar-refractivity contribution in [2.24, 2.45) is 0 Å². The zero-order valence-electron chi connectivity index (χ0n) is 10.6. The van der Waals surface area contributed by atoms with Gasteiger partial charge in [-0.15, -0.1) is 6.58 Å². The molecule has 1 aromatic carbocycles. The number of allylic oxidation sites excluding steroid dienone is 1. The minimum atomic E-state index is -0.842. The average Bonchev–Trinajstić information content (AvgIpc) is 2.34. The van der Waals surface area contributed by atoms with Gasteiger partial charge in [0.2, 0.25) is 5.75 Å². The highest BCUT2D eigenvalue weighted by atomic mass is 79.9. The molecule has 0 aliphatic rings. The standard InChI is InChI=1S/C13H16BrNO4/c1-3-4-5-6-19-13-11(9(2)16)7-10(14)8-12(13)15(17)18/h3,7-9,16H,1,4-6H2,2H3/t9-/m1/s1. The summed E-state index contributed by atoms with van der Waals surface area (Å²) < 4.78 is 6.01. The highest BCUT2D eigenvalue weighted by Crippen LogP contribution is 2.37. The number of unbranched alkanes of at least 4 members (excludes halogenated alkanes) is 1. The number of hydrogen-bond donors (Lipinski definition) is 1. The first-order valence-electron chi connectivity index (χ1n) is 5.87. The number of nitrogens with zero attached hydrogens (tertiary/aromatic N) is 1. The summed E-state index contributed by atoms with van der Waals surface area (Å²) >= 11 is 3.19. The van der Waals surface area contributed by atoms with E-state index in [4.69, 9.17) is 4.74 Å². The largest absolute Gasteiger partial charge is 0.487 e. The van der Waals surface area contributed by atoms with Crippen LogP contribution in [0.15, 0.2) is 29.3 Å². The number of aliphatic hydroxyl groups is 1. The normalized spacial score (nSPS) is 11.9. The maximum atomic E-state index is 11.0. The molecule has 1 atom stereocenters. The monoisotopic (exact) mass is 329 g/mol. The molecule has 1 rings (SSSR count). The molecule has 0 aliphatic carbocycles. The third kappa shape index (κ3) is 4.33. The summed E-state index contributed by atoms with van der Waals surface area (Å²) in [5.74, 6) is 0.132. The van der Waals surface area contributed by atoms with Gasteiger partial charge in [-0.25, -0.2) is 0 Å². The van der Waals surface area contributed by atoms with Gasteiger partial charge in [-0.1, -0.05) is 22.0 Å². The smallest absolute Gasteiger partial charge is 0.312 e. The van der Waals surface area contributed by atoms with Crippen molar-refractivity contribution in [2.75, 3.05) is 6.61 Å². The molecule has 0 heterocycles. The van der Waals surface area contributed by atoms with E-state index >= 15 is 0 Å². The molecular formula is C13H16BrNO4. The van der Waals surface area contributed by atoms with Crippen LogP contribution in [-0.2, 0) is 0 Å². The Balaban J connectivity index is 3.08. The van der Waals surface area contributed by atoms with Crippen LogP contribution in [0.4, 0.5) is 5.69 Å². The summed E-state index contributed by atoms with van der Waals surface area (Å²) in [6.45, 7) is 5.48. The first-order chi connectivity index (χ1) is 8.97. The molecule has 0 unspecified atom stereocenters. The van der Waals surface area contributed by atoms with Crippen LogP contribution < -0.4 is 4.74 Å². The fraction of sp³-hybridized carbons (Fsp3) is 0.385. The summed E-state index contributed by atoms with van der Waals surface area (Å²) in [6, 6.07) is 3.00. The van der Waals surface area contributed by atoms with Crippen molar-refractivity contribution in [3.8, 4) is 5.75 Å². The molecule has 0 saturated heterocycles. The Morgan fingerprint density at radius 3 is 2.84 bits per heavy atom. The van der Waals surface area contributed by atoms with Gasteiger partial charge in [0.25, 0.3) is 0 Å². The Morgan fingerprint density at radius 1 is 1.63 bits per heavy atom. The Kier molecular flexibility index (Phi) is 5.98. The van der Waals surface area contributed by atoms with Gasteiger partial charge in [0, 0.05) is 16.1 Å². The van der Waals surface area contributed by atoms with Gasteiger partial charge < -0.3 is 9.84 Å². The van der Waals surface area contributed by atoms with Crippen LogP contribution in [0.25, 0.3) is 0 Å². The third-order valence-corrected chi connectivity index (χ3v) is 2.97. The molecule has 0 spiro atoms. The minimum absolute atomic E-state index is 0.132. The molecule has 0 aromatic heterocycles. The molecule has 1 aromatic rings. The van der Waals surface area contributed by atoms with Crippen LogP contribution >= 0.6 is 15.9 Å². The van der Waals surface area contributed by atoms with Gasteiger partial charge >= 0.3 is 5.69 Å². The van der Waals surface area contributed by atoms with E-state index in [1.165, 1.54) is 6.07 Å². The maximum absolute atomic E-state index is 11.0. The number of hydrogen-bond acceptors (Lipinski definition) is 4. The lowest BCUT2D eigenvalue weighted by Crippen LogP contribution is -2.05. The zero-order chi connectivity index (χ0) is 14.4. The fourth-order valence-corrected chi connectivity index (χ4v) is 2.07. The van der Waals surface area contributed by atoms with Crippen molar-refractivity contribution in [3.63, 3.8) is 0 Å². The van der Waals surface area contributed by atoms with E-state index in [0.717, 1.165) is 12.8 Å². The predicted octanol–water partition coefficient (Wildman–Crippen LogP) is 3.76. The molecular weight excluding hydrogens is 314 g/mol. The molecule has 19 heavy (non-hydrogen) atoms. The van der Waals surface area contributed by atoms with Crippen LogP contribution in [0.1, 0.15) is 31.4 Å². The van der Waals surface area contributed by atoms with Crippen molar-refractivity contribution in [1.29, 1.82) is 0 Å². The molecule has 5 nitrogen and oxygen atoms in total. The van der Waals surface area contributed by atoms with Crippen LogP contribution in [-0.4, -0.2) is 16.6 Å². The molecule has 0 aliphatic heterocycles. The number of nitro groups is 1. The lowest BCUT2D eigenvalue weighted by atomic mass is 10.1. The first kappa shape index (κ1) is 15.7. The summed E-state index contributed by atoms with van der Waals surface area (Å²) in [5, 5.41) is 20.7. The van der Waals surface area contributed by atoms with E-state index in [9.17, 15) is 15.2 Å². The van der Waals surface area contributed by atoms with Gasteiger partial charge in [-0.05, 0) is 25.8 Å². The van der Waals surface area contributed by atoms with Crippen molar-refractivity contribution in [3.05, 3.63) is 44.9 Å². The van der Waals surface area contributed by atoms with Crippen LogP contribution in [0.3, 0.4) is 0 Å². The Hall–Kier alpha value is -1.40. The zero-order valence-corrected chi connectivity index (χ0v) is 12.2. The molecule has 0 fully saturated rings. The number of nitro benzene ring substituents is 1. The Labute approximate surface area is 120 Å².